The Morgan fingerprint density at radius 2 is 1.65 bits per heavy atom. The summed E-state index contributed by atoms with van der Waals surface area (Å²) in [4.78, 5) is 29.5. The molecule has 1 amide bonds. The van der Waals surface area contributed by atoms with Crippen molar-refractivity contribution in [2.75, 3.05) is 10.2 Å². The molecular weight excluding hydrogens is 467 g/mol. The molecule has 1 aliphatic carbocycles. The summed E-state index contributed by atoms with van der Waals surface area (Å²) >= 11 is 12.7. The first-order valence-corrected chi connectivity index (χ1v) is 12.0. The minimum Gasteiger partial charge on any atom is -0.357 e. The molecule has 1 atom stereocenters. The molecule has 5 rings (SSSR count). The molecule has 0 radical (unpaired) electrons. The average Bonchev–Trinajstić information content (AvgIpc) is 2.94. The number of hydrogen-bond acceptors (Lipinski definition) is 3. The molecule has 0 saturated heterocycles. The van der Waals surface area contributed by atoms with E-state index < -0.39 is 6.04 Å². The number of amides is 1. The lowest BCUT2D eigenvalue weighted by atomic mass is 9.73. The second-order valence-corrected chi connectivity index (χ2v) is 10.4. The van der Waals surface area contributed by atoms with Crippen molar-refractivity contribution in [1.29, 1.82) is 0 Å². The van der Waals surface area contributed by atoms with Crippen LogP contribution in [-0.2, 0) is 4.79 Å². The second kappa shape index (κ2) is 8.61. The highest BCUT2D eigenvalue weighted by molar-refractivity contribution is 6.42. The molecule has 3 aromatic carbocycles. The van der Waals surface area contributed by atoms with E-state index in [0.717, 1.165) is 16.9 Å². The van der Waals surface area contributed by atoms with Gasteiger partial charge in [0.1, 0.15) is 0 Å². The summed E-state index contributed by atoms with van der Waals surface area (Å²) < 4.78 is 0. The van der Waals surface area contributed by atoms with Crippen LogP contribution in [0.1, 0.15) is 48.7 Å². The number of ketones is 1. The maximum atomic E-state index is 14.1. The number of fused-ring (bicyclic) bond motifs is 1. The lowest BCUT2D eigenvalue weighted by Crippen LogP contribution is -2.39. The van der Waals surface area contributed by atoms with Crippen LogP contribution in [0.5, 0.6) is 0 Å². The largest absolute Gasteiger partial charge is 0.357 e. The monoisotopic (exact) mass is 490 g/mol. The van der Waals surface area contributed by atoms with Gasteiger partial charge in [0, 0.05) is 23.3 Å². The van der Waals surface area contributed by atoms with Crippen LogP contribution < -0.4 is 10.2 Å². The van der Waals surface area contributed by atoms with Gasteiger partial charge in [-0.1, -0.05) is 73.4 Å². The van der Waals surface area contributed by atoms with Crippen LogP contribution in [0.3, 0.4) is 0 Å². The van der Waals surface area contributed by atoms with Crippen LogP contribution in [0.4, 0.5) is 11.4 Å². The third-order valence-corrected chi connectivity index (χ3v) is 7.14. The van der Waals surface area contributed by atoms with Crippen molar-refractivity contribution in [2.24, 2.45) is 5.41 Å². The van der Waals surface area contributed by atoms with E-state index >= 15 is 0 Å². The maximum Gasteiger partial charge on any atom is 0.259 e. The highest BCUT2D eigenvalue weighted by atomic mass is 35.5. The first kappa shape index (κ1) is 22.7. The van der Waals surface area contributed by atoms with Crippen molar-refractivity contribution in [2.45, 2.75) is 32.7 Å². The molecule has 0 fully saturated rings. The number of para-hydroxylation sites is 2. The molecule has 6 heteroatoms. The molecule has 4 nitrogen and oxygen atoms in total. The van der Waals surface area contributed by atoms with Crippen LogP contribution in [-0.4, -0.2) is 11.7 Å². The smallest absolute Gasteiger partial charge is 0.259 e. The van der Waals surface area contributed by atoms with Crippen molar-refractivity contribution >= 4 is 46.3 Å². The molecule has 0 bridgehead atoms. The van der Waals surface area contributed by atoms with Gasteiger partial charge in [0.05, 0.1) is 27.5 Å². The lowest BCUT2D eigenvalue weighted by Gasteiger charge is -2.37. The van der Waals surface area contributed by atoms with E-state index in [9.17, 15) is 9.59 Å². The first-order chi connectivity index (χ1) is 16.2. The van der Waals surface area contributed by atoms with E-state index in [1.807, 2.05) is 48.5 Å². The van der Waals surface area contributed by atoms with Gasteiger partial charge in [-0.3, -0.25) is 14.5 Å². The molecule has 1 aliphatic heterocycles. The Balaban J connectivity index is 1.81. The second-order valence-electron chi connectivity index (χ2n) is 9.59. The number of allylic oxidation sites excluding steroid dienone is 1. The molecule has 172 valence electrons. The third-order valence-electron chi connectivity index (χ3n) is 6.40. The fourth-order valence-electron chi connectivity index (χ4n) is 4.93. The standard InChI is InChI=1S/C28H24Cl2N2O2/c1-28(2)15-22-25(24(33)16-28)26(18-12-13-19(29)20(30)14-18)32(23-11-7-6-10-21(23)31-22)27(34)17-8-4-3-5-9-17/h3-14,26,31H,15-16H2,1-2H3. The highest BCUT2D eigenvalue weighted by Crippen LogP contribution is 2.49. The topological polar surface area (TPSA) is 49.4 Å². The number of benzene rings is 3. The Morgan fingerprint density at radius 1 is 0.941 bits per heavy atom. The number of Topliss-reactive ketones (excluding diaryl/α,β-unsaturated/α-hetero) is 1. The van der Waals surface area contributed by atoms with E-state index in [-0.39, 0.29) is 17.1 Å². The van der Waals surface area contributed by atoms with Gasteiger partial charge in [-0.2, -0.15) is 0 Å². The number of rotatable bonds is 2. The quantitative estimate of drug-likeness (QED) is 0.405. The Kier molecular flexibility index (Phi) is 5.75. The zero-order valence-corrected chi connectivity index (χ0v) is 20.5. The van der Waals surface area contributed by atoms with Gasteiger partial charge >= 0.3 is 0 Å². The van der Waals surface area contributed by atoms with E-state index in [2.05, 4.69) is 19.2 Å². The number of carbonyl (C=O) groups excluding carboxylic acids is 2. The van der Waals surface area contributed by atoms with Gasteiger partial charge in [-0.05, 0) is 53.8 Å². The number of halogens is 2. The number of nitrogens with one attached hydrogen (secondary N) is 1. The summed E-state index contributed by atoms with van der Waals surface area (Å²) in [5.74, 6) is -0.175. The fraction of sp³-hybridized carbons (Fsp3) is 0.214. The lowest BCUT2D eigenvalue weighted by molar-refractivity contribution is -0.118. The maximum absolute atomic E-state index is 14.1. The molecule has 3 aromatic rings. The fourth-order valence-corrected chi connectivity index (χ4v) is 5.23. The summed E-state index contributed by atoms with van der Waals surface area (Å²) in [5, 5.41) is 4.31. The van der Waals surface area contributed by atoms with Gasteiger partial charge in [-0.25, -0.2) is 0 Å². The van der Waals surface area contributed by atoms with Gasteiger partial charge in [0.2, 0.25) is 0 Å². The van der Waals surface area contributed by atoms with E-state index in [0.29, 0.717) is 39.7 Å². The Bertz CT molecular complexity index is 1330. The summed E-state index contributed by atoms with van der Waals surface area (Å²) in [6, 6.07) is 21.4. The number of carbonyl (C=O) groups is 2. The molecule has 34 heavy (non-hydrogen) atoms. The van der Waals surface area contributed by atoms with Crippen molar-refractivity contribution < 1.29 is 9.59 Å². The van der Waals surface area contributed by atoms with Gasteiger partial charge < -0.3 is 5.32 Å². The van der Waals surface area contributed by atoms with E-state index in [4.69, 9.17) is 23.2 Å². The Morgan fingerprint density at radius 3 is 2.38 bits per heavy atom. The zero-order valence-electron chi connectivity index (χ0n) is 18.9. The summed E-state index contributed by atoms with van der Waals surface area (Å²) in [7, 11) is 0. The average molecular weight is 491 g/mol. The van der Waals surface area contributed by atoms with Gasteiger partial charge in [0.25, 0.3) is 5.91 Å². The van der Waals surface area contributed by atoms with E-state index in [1.165, 1.54) is 0 Å². The van der Waals surface area contributed by atoms with Gasteiger partial charge in [-0.15, -0.1) is 0 Å². The number of nitrogens with zero attached hydrogens (tertiary/aromatic N) is 1. The zero-order chi connectivity index (χ0) is 24.0. The van der Waals surface area contributed by atoms with Crippen LogP contribution in [0.25, 0.3) is 0 Å². The molecular formula is C28H24Cl2N2O2. The molecule has 0 spiro atoms. The van der Waals surface area contributed by atoms with Crippen LogP contribution in [0.2, 0.25) is 10.0 Å². The van der Waals surface area contributed by atoms with Crippen molar-refractivity contribution in [3.05, 3.63) is 105 Å². The number of hydrogen-bond donors (Lipinski definition) is 1. The molecule has 2 aliphatic rings. The predicted octanol–water partition coefficient (Wildman–Crippen LogP) is 7.45. The van der Waals surface area contributed by atoms with Crippen LogP contribution >= 0.6 is 23.2 Å². The minimum absolute atomic E-state index is 0.0218. The van der Waals surface area contributed by atoms with Crippen molar-refractivity contribution in [3.63, 3.8) is 0 Å². The SMILES string of the molecule is CC1(C)CC(=O)C2=C(C1)Nc1ccccc1N(C(=O)c1ccccc1)C2c1ccc(Cl)c(Cl)c1. The van der Waals surface area contributed by atoms with E-state index in [1.54, 1.807) is 29.2 Å². The summed E-state index contributed by atoms with van der Waals surface area (Å²) in [5.41, 5.74) is 4.00. The normalized spacial score (nSPS) is 19.1. The minimum atomic E-state index is -0.655. The Hall–Kier alpha value is -3.08. The van der Waals surface area contributed by atoms with Gasteiger partial charge in [0.15, 0.2) is 5.78 Å². The molecule has 1 unspecified atom stereocenters. The van der Waals surface area contributed by atoms with Crippen molar-refractivity contribution in [3.8, 4) is 0 Å². The molecule has 0 saturated carbocycles. The molecule has 0 aromatic heterocycles. The van der Waals surface area contributed by atoms with Crippen LogP contribution in [0, 0.1) is 5.41 Å². The Labute approximate surface area is 209 Å². The molecule has 1 heterocycles. The highest BCUT2D eigenvalue weighted by Gasteiger charge is 2.43. The van der Waals surface area contributed by atoms with Crippen LogP contribution in [0.15, 0.2) is 84.1 Å². The summed E-state index contributed by atoms with van der Waals surface area (Å²) in [6.07, 6.45) is 1.09. The third kappa shape index (κ3) is 4.02. The predicted molar refractivity (Wildman–Crippen MR) is 138 cm³/mol. The summed E-state index contributed by atoms with van der Waals surface area (Å²) in [6.45, 7) is 4.18. The first-order valence-electron chi connectivity index (χ1n) is 11.2. The van der Waals surface area contributed by atoms with Crippen molar-refractivity contribution in [1.82, 2.24) is 0 Å². The number of anilines is 2. The molecule has 1 N–H and O–H groups in total.